The molecule has 1 aromatic carbocycles. The van der Waals surface area contributed by atoms with Gasteiger partial charge in [-0.25, -0.2) is 4.39 Å². The van der Waals surface area contributed by atoms with Gasteiger partial charge in [-0.05, 0) is 18.6 Å². The van der Waals surface area contributed by atoms with Crippen molar-refractivity contribution in [2.24, 2.45) is 0 Å². The molecule has 0 aliphatic heterocycles. The molecule has 0 heterocycles. The Balaban J connectivity index is 2.72. The summed E-state index contributed by atoms with van der Waals surface area (Å²) in [5.74, 6) is 0.231. The smallest absolute Gasteiger partial charge is 0.197 e. The minimum absolute atomic E-state index is 0.191. The van der Waals surface area contributed by atoms with Crippen molar-refractivity contribution >= 4 is 15.9 Å². The highest BCUT2D eigenvalue weighted by atomic mass is 79.9. The number of benzene rings is 1. The Morgan fingerprint density at radius 3 is 2.86 bits per heavy atom. The van der Waals surface area contributed by atoms with E-state index in [4.69, 9.17) is 9.47 Å². The van der Waals surface area contributed by atoms with Gasteiger partial charge in [0.05, 0.1) is 13.7 Å². The van der Waals surface area contributed by atoms with E-state index < -0.39 is 0 Å². The Kier molecular flexibility index (Phi) is 4.73. The number of methoxy groups -OCH3 is 1. The van der Waals surface area contributed by atoms with Crippen LogP contribution in [0.1, 0.15) is 6.42 Å². The fraction of sp³-hybridized carbons (Fsp3) is 0.400. The monoisotopic (exact) mass is 262 g/mol. The molecule has 0 saturated heterocycles. The number of ether oxygens (including phenoxy) is 2. The van der Waals surface area contributed by atoms with Gasteiger partial charge in [0.2, 0.25) is 0 Å². The van der Waals surface area contributed by atoms with Gasteiger partial charge in [-0.3, -0.25) is 0 Å². The third kappa shape index (κ3) is 2.87. The first-order valence-corrected chi connectivity index (χ1v) is 5.43. The van der Waals surface area contributed by atoms with Crippen LogP contribution < -0.4 is 9.47 Å². The van der Waals surface area contributed by atoms with Crippen molar-refractivity contribution in [3.05, 3.63) is 24.0 Å². The highest BCUT2D eigenvalue weighted by Gasteiger charge is 2.09. The van der Waals surface area contributed by atoms with Crippen LogP contribution >= 0.6 is 15.9 Å². The topological polar surface area (TPSA) is 18.5 Å². The van der Waals surface area contributed by atoms with E-state index in [1.54, 1.807) is 12.1 Å². The van der Waals surface area contributed by atoms with E-state index in [-0.39, 0.29) is 11.6 Å². The first kappa shape index (κ1) is 11.3. The van der Waals surface area contributed by atoms with Crippen molar-refractivity contribution in [2.45, 2.75) is 6.42 Å². The van der Waals surface area contributed by atoms with Crippen LogP contribution in [0, 0.1) is 5.82 Å². The average Bonchev–Trinajstić information content (AvgIpc) is 2.20. The summed E-state index contributed by atoms with van der Waals surface area (Å²) in [6.07, 6.45) is 0.831. The predicted molar refractivity (Wildman–Crippen MR) is 56.9 cm³/mol. The summed E-state index contributed by atoms with van der Waals surface area (Å²) < 4.78 is 23.5. The molecule has 0 aliphatic carbocycles. The van der Waals surface area contributed by atoms with E-state index >= 15 is 0 Å². The van der Waals surface area contributed by atoms with Crippen LogP contribution in [-0.4, -0.2) is 19.0 Å². The second-order valence-corrected chi connectivity index (χ2v) is 3.46. The summed E-state index contributed by atoms with van der Waals surface area (Å²) >= 11 is 3.27. The van der Waals surface area contributed by atoms with Gasteiger partial charge >= 0.3 is 0 Å². The quantitative estimate of drug-likeness (QED) is 0.600. The van der Waals surface area contributed by atoms with Gasteiger partial charge in [-0.2, -0.15) is 0 Å². The third-order valence-electron chi connectivity index (χ3n) is 1.68. The molecule has 14 heavy (non-hydrogen) atoms. The van der Waals surface area contributed by atoms with Gasteiger partial charge < -0.3 is 9.47 Å². The fourth-order valence-corrected chi connectivity index (χ4v) is 1.25. The minimum atomic E-state index is -0.390. The molecule has 0 atom stereocenters. The van der Waals surface area contributed by atoms with Gasteiger partial charge in [0, 0.05) is 5.33 Å². The third-order valence-corrected chi connectivity index (χ3v) is 2.24. The molecule has 0 bridgehead atoms. The second-order valence-electron chi connectivity index (χ2n) is 2.66. The van der Waals surface area contributed by atoms with Gasteiger partial charge in [0.25, 0.3) is 0 Å². The van der Waals surface area contributed by atoms with Crippen LogP contribution in [0.5, 0.6) is 11.5 Å². The summed E-state index contributed by atoms with van der Waals surface area (Å²) in [6.45, 7) is 0.475. The lowest BCUT2D eigenvalue weighted by molar-refractivity contribution is 0.280. The Labute approximate surface area is 91.2 Å². The fourth-order valence-electron chi connectivity index (χ4n) is 1.02. The number of para-hydroxylation sites is 1. The maximum Gasteiger partial charge on any atom is 0.197 e. The van der Waals surface area contributed by atoms with Crippen LogP contribution in [0.25, 0.3) is 0 Å². The van der Waals surface area contributed by atoms with Crippen molar-refractivity contribution in [1.82, 2.24) is 0 Å². The molecular formula is C10H12BrFO2. The second kappa shape index (κ2) is 5.86. The summed E-state index contributed by atoms with van der Waals surface area (Å²) in [4.78, 5) is 0. The molecule has 4 heteroatoms. The lowest BCUT2D eigenvalue weighted by Crippen LogP contribution is -2.01. The highest BCUT2D eigenvalue weighted by molar-refractivity contribution is 9.09. The van der Waals surface area contributed by atoms with E-state index in [9.17, 15) is 4.39 Å². The average molecular weight is 263 g/mol. The summed E-state index contributed by atoms with van der Waals surface area (Å²) in [5, 5.41) is 0.837. The molecule has 1 aromatic rings. The molecule has 2 nitrogen and oxygen atoms in total. The van der Waals surface area contributed by atoms with Crippen LogP contribution in [-0.2, 0) is 0 Å². The highest BCUT2D eigenvalue weighted by Crippen LogP contribution is 2.29. The largest absolute Gasteiger partial charge is 0.493 e. The van der Waals surface area contributed by atoms with Crippen LogP contribution in [0.4, 0.5) is 4.39 Å². The predicted octanol–water partition coefficient (Wildman–Crippen LogP) is 3.00. The number of halogens is 2. The van der Waals surface area contributed by atoms with E-state index in [1.165, 1.54) is 13.2 Å². The Hall–Kier alpha value is -0.770. The molecule has 0 aliphatic rings. The van der Waals surface area contributed by atoms with Crippen LogP contribution in [0.3, 0.4) is 0 Å². The Morgan fingerprint density at radius 2 is 2.21 bits per heavy atom. The zero-order valence-corrected chi connectivity index (χ0v) is 9.51. The molecule has 0 amide bonds. The van der Waals surface area contributed by atoms with E-state index in [0.717, 1.165) is 11.8 Å². The van der Waals surface area contributed by atoms with Gasteiger partial charge in [0.15, 0.2) is 17.3 Å². The van der Waals surface area contributed by atoms with E-state index in [0.29, 0.717) is 12.4 Å². The molecule has 1 rings (SSSR count). The SMILES string of the molecule is COc1cccc(F)c1OCCCBr. The van der Waals surface area contributed by atoms with Crippen molar-refractivity contribution in [3.63, 3.8) is 0 Å². The molecule has 78 valence electrons. The number of alkyl halides is 1. The zero-order chi connectivity index (χ0) is 10.4. The van der Waals surface area contributed by atoms with Gasteiger partial charge in [-0.1, -0.05) is 22.0 Å². The molecule has 0 fully saturated rings. The molecule has 0 radical (unpaired) electrons. The first-order valence-electron chi connectivity index (χ1n) is 4.31. The lowest BCUT2D eigenvalue weighted by atomic mass is 10.3. The minimum Gasteiger partial charge on any atom is -0.493 e. The zero-order valence-electron chi connectivity index (χ0n) is 7.93. The van der Waals surface area contributed by atoms with Crippen molar-refractivity contribution < 1.29 is 13.9 Å². The molecule has 0 spiro atoms. The van der Waals surface area contributed by atoms with Crippen LogP contribution in [0.2, 0.25) is 0 Å². The summed E-state index contributed by atoms with van der Waals surface area (Å²) in [6, 6.07) is 4.62. The first-order chi connectivity index (χ1) is 6.79. The van der Waals surface area contributed by atoms with Crippen LogP contribution in [0.15, 0.2) is 18.2 Å². The van der Waals surface area contributed by atoms with Crippen molar-refractivity contribution in [1.29, 1.82) is 0 Å². The lowest BCUT2D eigenvalue weighted by Gasteiger charge is -2.10. The molecule has 0 aromatic heterocycles. The van der Waals surface area contributed by atoms with Gasteiger partial charge in [-0.15, -0.1) is 0 Å². The molecule has 0 N–H and O–H groups in total. The standard InChI is InChI=1S/C10H12BrFO2/c1-13-9-5-2-4-8(12)10(9)14-7-3-6-11/h2,4-5H,3,6-7H2,1H3. The number of hydrogen-bond acceptors (Lipinski definition) is 2. The van der Waals surface area contributed by atoms with E-state index in [1.807, 2.05) is 0 Å². The Morgan fingerprint density at radius 1 is 1.43 bits per heavy atom. The summed E-state index contributed by atoms with van der Waals surface area (Å²) in [5.41, 5.74) is 0. The van der Waals surface area contributed by atoms with Gasteiger partial charge in [0.1, 0.15) is 0 Å². The summed E-state index contributed by atoms with van der Waals surface area (Å²) in [7, 11) is 1.49. The maximum absolute atomic E-state index is 13.2. The number of hydrogen-bond donors (Lipinski definition) is 0. The van der Waals surface area contributed by atoms with Crippen molar-refractivity contribution in [3.8, 4) is 11.5 Å². The molecule has 0 saturated carbocycles. The molecular weight excluding hydrogens is 251 g/mol. The van der Waals surface area contributed by atoms with Crippen molar-refractivity contribution in [2.75, 3.05) is 19.0 Å². The molecule has 0 unspecified atom stereocenters. The van der Waals surface area contributed by atoms with E-state index in [2.05, 4.69) is 15.9 Å². The normalized spacial score (nSPS) is 9.93. The number of rotatable bonds is 5. The Bertz CT molecular complexity index is 291. The maximum atomic E-state index is 13.2.